The van der Waals surface area contributed by atoms with E-state index in [1.807, 2.05) is 0 Å². The number of amides is 1. The summed E-state index contributed by atoms with van der Waals surface area (Å²) in [5.41, 5.74) is 0. The van der Waals surface area contributed by atoms with Gasteiger partial charge in [0.1, 0.15) is 24.4 Å². The Kier molecular flexibility index (Phi) is 28.3. The largest absolute Gasteiger partial charge is 0.394 e. The van der Waals surface area contributed by atoms with Crippen LogP contribution in [0, 0.1) is 0 Å². The maximum Gasteiger partial charge on any atom is 0.220 e. The first-order chi connectivity index (χ1) is 22.8. The molecule has 0 aromatic rings. The Labute approximate surface area is 287 Å². The van der Waals surface area contributed by atoms with Gasteiger partial charge in [-0.3, -0.25) is 4.79 Å². The van der Waals surface area contributed by atoms with Gasteiger partial charge in [-0.25, -0.2) is 0 Å². The summed E-state index contributed by atoms with van der Waals surface area (Å²) in [7, 11) is 0. The van der Waals surface area contributed by atoms with Crippen LogP contribution < -0.4 is 5.32 Å². The van der Waals surface area contributed by atoms with E-state index in [1.54, 1.807) is 0 Å². The number of aliphatic hydroxyl groups is 5. The first kappa shape index (κ1) is 44.2. The molecule has 9 heteroatoms. The third-order valence-corrected chi connectivity index (χ3v) is 9.71. The van der Waals surface area contributed by atoms with Gasteiger partial charge in [0.25, 0.3) is 0 Å². The Hall–Kier alpha value is -0.810. The van der Waals surface area contributed by atoms with Crippen molar-refractivity contribution in [2.75, 3.05) is 13.2 Å². The molecule has 0 saturated carbocycles. The smallest absolute Gasteiger partial charge is 0.220 e. The van der Waals surface area contributed by atoms with Gasteiger partial charge in [-0.2, -0.15) is 0 Å². The summed E-state index contributed by atoms with van der Waals surface area (Å²) in [5, 5.41) is 54.0. The molecule has 1 aliphatic rings. The van der Waals surface area contributed by atoms with Crippen LogP contribution in [-0.4, -0.2) is 87.5 Å². The van der Waals surface area contributed by atoms with E-state index in [0.717, 1.165) is 38.5 Å². The first-order valence-corrected chi connectivity index (χ1v) is 19.7. The maximum absolute atomic E-state index is 12.9. The number of ether oxygens (including phenoxy) is 2. The molecule has 1 heterocycles. The molecule has 280 valence electrons. The maximum atomic E-state index is 12.9. The Balaban J connectivity index is 2.41. The van der Waals surface area contributed by atoms with Gasteiger partial charge in [-0.1, -0.05) is 162 Å². The summed E-state index contributed by atoms with van der Waals surface area (Å²) in [6.07, 6.45) is 22.5. The number of aliphatic hydroxyl groups excluding tert-OH is 5. The van der Waals surface area contributed by atoms with Crippen LogP contribution in [0.1, 0.15) is 181 Å². The summed E-state index contributed by atoms with van der Waals surface area (Å²) in [4.78, 5) is 12.9. The van der Waals surface area contributed by atoms with Gasteiger partial charge in [0.15, 0.2) is 6.29 Å². The van der Waals surface area contributed by atoms with Gasteiger partial charge in [-0.15, -0.1) is 0 Å². The van der Waals surface area contributed by atoms with Crippen LogP contribution in [-0.2, 0) is 14.3 Å². The van der Waals surface area contributed by atoms with Crippen molar-refractivity contribution in [1.29, 1.82) is 0 Å². The van der Waals surface area contributed by atoms with Crippen molar-refractivity contribution in [2.45, 2.75) is 224 Å². The molecule has 0 unspecified atom stereocenters. The molecule has 1 aliphatic heterocycles. The molecule has 1 amide bonds. The second kappa shape index (κ2) is 30.1. The Morgan fingerprint density at radius 1 is 0.638 bits per heavy atom. The average Bonchev–Trinajstić information content (AvgIpc) is 3.07. The van der Waals surface area contributed by atoms with Crippen molar-refractivity contribution in [3.63, 3.8) is 0 Å². The Morgan fingerprint density at radius 2 is 1.06 bits per heavy atom. The molecule has 0 radical (unpaired) electrons. The van der Waals surface area contributed by atoms with Crippen LogP contribution in [0.5, 0.6) is 0 Å². The zero-order valence-corrected chi connectivity index (χ0v) is 30.3. The van der Waals surface area contributed by atoms with Crippen LogP contribution in [0.15, 0.2) is 0 Å². The standard InChI is InChI=1S/C38H75NO8/c1-3-5-7-9-11-13-15-16-18-19-21-23-25-27-32(41)31(30-46-38-37(45)36(44)35(43)33(29-40)47-38)39-34(42)28-26-24-22-20-17-14-12-10-8-6-4-2/h31-33,35-38,40-41,43-45H,3-30H2,1-2H3,(H,39,42)/t31-,32+,33+,35+,36-,37+,38+/m0/s1. The lowest BCUT2D eigenvalue weighted by molar-refractivity contribution is -0.302. The molecule has 47 heavy (non-hydrogen) atoms. The predicted octanol–water partition coefficient (Wildman–Crippen LogP) is 6.83. The molecule has 0 aromatic heterocycles. The van der Waals surface area contributed by atoms with Crippen LogP contribution in [0.25, 0.3) is 0 Å². The number of carbonyl (C=O) groups excluding carboxylic acids is 1. The highest BCUT2D eigenvalue weighted by molar-refractivity contribution is 5.76. The minimum Gasteiger partial charge on any atom is -0.394 e. The zero-order chi connectivity index (χ0) is 34.5. The number of hydrogen-bond acceptors (Lipinski definition) is 8. The third-order valence-electron chi connectivity index (χ3n) is 9.71. The molecular weight excluding hydrogens is 598 g/mol. The quantitative estimate of drug-likeness (QED) is 0.0426. The molecule has 1 fully saturated rings. The SMILES string of the molecule is CCCCCCCCCCCCCCC[C@@H](O)[C@H](CO[C@@H]1O[C@H](CO)[C@@H](O)[C@H](O)[C@H]1O)NC(=O)CCCCCCCCCCCCC. The van der Waals surface area contributed by atoms with Crippen molar-refractivity contribution in [1.82, 2.24) is 5.32 Å². The van der Waals surface area contributed by atoms with E-state index in [-0.39, 0.29) is 12.5 Å². The second-order valence-corrected chi connectivity index (χ2v) is 14.1. The van der Waals surface area contributed by atoms with Gasteiger partial charge < -0.3 is 40.3 Å². The minimum atomic E-state index is -1.55. The highest BCUT2D eigenvalue weighted by Crippen LogP contribution is 2.23. The lowest BCUT2D eigenvalue weighted by Gasteiger charge is -2.40. The topological polar surface area (TPSA) is 149 Å². The highest BCUT2D eigenvalue weighted by atomic mass is 16.7. The predicted molar refractivity (Wildman–Crippen MR) is 189 cm³/mol. The fraction of sp³-hybridized carbons (Fsp3) is 0.974. The van der Waals surface area contributed by atoms with Crippen molar-refractivity contribution in [3.05, 3.63) is 0 Å². The first-order valence-electron chi connectivity index (χ1n) is 19.7. The van der Waals surface area contributed by atoms with Crippen molar-refractivity contribution < 1.29 is 39.8 Å². The molecule has 6 N–H and O–H groups in total. The molecule has 1 rings (SSSR count). The summed E-state index contributed by atoms with van der Waals surface area (Å²) in [5.74, 6) is -0.146. The number of carbonyl (C=O) groups is 1. The number of unbranched alkanes of at least 4 members (excludes halogenated alkanes) is 22. The van der Waals surface area contributed by atoms with Crippen LogP contribution in [0.3, 0.4) is 0 Å². The highest BCUT2D eigenvalue weighted by Gasteiger charge is 2.44. The summed E-state index contributed by atoms with van der Waals surface area (Å²) >= 11 is 0. The number of nitrogens with one attached hydrogen (secondary N) is 1. The van der Waals surface area contributed by atoms with E-state index in [0.29, 0.717) is 12.8 Å². The lowest BCUT2D eigenvalue weighted by atomic mass is 9.99. The minimum absolute atomic E-state index is 0.133. The van der Waals surface area contributed by atoms with Gasteiger partial charge in [0.2, 0.25) is 5.91 Å². The fourth-order valence-corrected chi connectivity index (χ4v) is 6.45. The molecule has 0 aromatic carbocycles. The van der Waals surface area contributed by atoms with Crippen LogP contribution in [0.4, 0.5) is 0 Å². The lowest BCUT2D eigenvalue weighted by Crippen LogP contribution is -2.60. The molecule has 7 atom stereocenters. The van der Waals surface area contributed by atoms with Crippen LogP contribution >= 0.6 is 0 Å². The van der Waals surface area contributed by atoms with Gasteiger partial charge >= 0.3 is 0 Å². The summed E-state index contributed by atoms with van der Waals surface area (Å²) in [6, 6.07) is -0.708. The van der Waals surface area contributed by atoms with Crippen LogP contribution in [0.2, 0.25) is 0 Å². The van der Waals surface area contributed by atoms with E-state index in [1.165, 1.54) is 116 Å². The fourth-order valence-electron chi connectivity index (χ4n) is 6.45. The molecule has 0 bridgehead atoms. The molecule has 9 nitrogen and oxygen atoms in total. The Bertz CT molecular complexity index is 711. The van der Waals surface area contributed by atoms with Crippen molar-refractivity contribution >= 4 is 5.91 Å². The normalized spacial score (nSPS) is 22.7. The van der Waals surface area contributed by atoms with Crippen molar-refractivity contribution in [3.8, 4) is 0 Å². The summed E-state index contributed by atoms with van der Waals surface area (Å²) in [6.45, 7) is 3.81. The molecule has 0 aliphatic carbocycles. The van der Waals surface area contributed by atoms with E-state index in [2.05, 4.69) is 19.2 Å². The second-order valence-electron chi connectivity index (χ2n) is 14.1. The summed E-state index contributed by atoms with van der Waals surface area (Å²) < 4.78 is 11.2. The molecular formula is C38H75NO8. The van der Waals surface area contributed by atoms with Gasteiger partial charge in [0, 0.05) is 6.42 Å². The van der Waals surface area contributed by atoms with E-state index in [4.69, 9.17) is 9.47 Å². The third kappa shape index (κ3) is 21.8. The average molecular weight is 674 g/mol. The van der Waals surface area contributed by atoms with E-state index in [9.17, 15) is 30.3 Å². The monoisotopic (exact) mass is 674 g/mol. The molecule has 1 saturated heterocycles. The van der Waals surface area contributed by atoms with Crippen molar-refractivity contribution in [2.24, 2.45) is 0 Å². The zero-order valence-electron chi connectivity index (χ0n) is 30.3. The van der Waals surface area contributed by atoms with Gasteiger partial charge in [0.05, 0.1) is 25.4 Å². The van der Waals surface area contributed by atoms with E-state index < -0.39 is 49.5 Å². The van der Waals surface area contributed by atoms with Gasteiger partial charge in [-0.05, 0) is 12.8 Å². The Morgan fingerprint density at radius 3 is 1.51 bits per heavy atom. The molecule has 0 spiro atoms. The number of rotatable bonds is 32. The number of hydrogen-bond donors (Lipinski definition) is 6. The van der Waals surface area contributed by atoms with E-state index >= 15 is 0 Å².